The lowest BCUT2D eigenvalue weighted by Crippen LogP contribution is -2.34. The van der Waals surface area contributed by atoms with Crippen LogP contribution in [0.25, 0.3) is 0 Å². The van der Waals surface area contributed by atoms with Crippen LogP contribution in [0.3, 0.4) is 0 Å². The van der Waals surface area contributed by atoms with Crippen LogP contribution in [0, 0.1) is 0 Å². The second kappa shape index (κ2) is 4.58. The molecule has 2 aliphatic heterocycles. The molecule has 0 atom stereocenters. The Morgan fingerprint density at radius 3 is 1.94 bits per heavy atom. The fourth-order valence-corrected chi connectivity index (χ4v) is 4.81. The Morgan fingerprint density at radius 2 is 1.50 bits per heavy atom. The van der Waals surface area contributed by atoms with Gasteiger partial charge >= 0.3 is 0 Å². The second-order valence-corrected chi connectivity index (χ2v) is 6.88. The minimum absolute atomic E-state index is 0.705. The highest BCUT2D eigenvalue weighted by molar-refractivity contribution is 7.68. The van der Waals surface area contributed by atoms with Crippen molar-refractivity contribution in [2.75, 3.05) is 26.2 Å². The van der Waals surface area contributed by atoms with Crippen molar-refractivity contribution < 1.29 is 4.57 Å². The Balaban J connectivity index is 2.05. The van der Waals surface area contributed by atoms with Gasteiger partial charge in [-0.25, -0.2) is 0 Å². The Labute approximate surface area is 106 Å². The van der Waals surface area contributed by atoms with Crippen molar-refractivity contribution in [3.8, 4) is 0 Å². The average Bonchev–Trinajstić information content (AvgIpc) is 3.12. The van der Waals surface area contributed by atoms with Gasteiger partial charge < -0.3 is 0 Å². The molecule has 0 saturated heterocycles. The molecule has 0 bridgehead atoms. The molecule has 0 radical (unpaired) electrons. The average molecular weight is 262 g/mol. The number of nitrogens with zero attached hydrogens (tertiary/aromatic N) is 4. The fraction of sp³-hybridized carbons (Fsp3) is 0.333. The third kappa shape index (κ3) is 1.75. The number of benzene rings is 1. The van der Waals surface area contributed by atoms with Crippen LogP contribution >= 0.6 is 7.44 Å². The summed E-state index contributed by atoms with van der Waals surface area (Å²) in [6, 6.07) is 9.60. The van der Waals surface area contributed by atoms with E-state index in [1.165, 1.54) is 0 Å². The van der Waals surface area contributed by atoms with Crippen LogP contribution in [0.5, 0.6) is 0 Å². The molecule has 6 heteroatoms. The zero-order valence-electron chi connectivity index (χ0n) is 10.0. The molecule has 0 aromatic heterocycles. The molecule has 0 unspecified atom stereocenters. The van der Waals surface area contributed by atoms with Gasteiger partial charge in [0, 0.05) is 13.1 Å². The third-order valence-corrected chi connectivity index (χ3v) is 6.11. The lowest BCUT2D eigenvalue weighted by atomic mass is 10.4. The van der Waals surface area contributed by atoms with Crippen molar-refractivity contribution >= 4 is 25.4 Å². The quantitative estimate of drug-likeness (QED) is 0.769. The van der Waals surface area contributed by atoms with Crippen LogP contribution in [0.15, 0.2) is 40.3 Å². The van der Waals surface area contributed by atoms with Crippen molar-refractivity contribution in [2.45, 2.75) is 0 Å². The molecule has 0 spiro atoms. The first-order valence-electron chi connectivity index (χ1n) is 6.01. The zero-order chi connectivity index (χ0) is 12.4. The molecule has 1 aromatic carbocycles. The molecule has 0 saturated carbocycles. The van der Waals surface area contributed by atoms with Crippen molar-refractivity contribution in [1.82, 2.24) is 9.34 Å². The van der Waals surface area contributed by atoms with Gasteiger partial charge in [-0.2, -0.15) is 0 Å². The summed E-state index contributed by atoms with van der Waals surface area (Å²) in [5, 5.41) is 0.840. The molecular formula is C12H15N4OP. The molecule has 5 nitrogen and oxygen atoms in total. The Kier molecular flexibility index (Phi) is 2.92. The largest absolute Gasteiger partial charge is 0.294 e. The SMILES string of the molecule is O=P(c1ccccc1)(N1C=NCC1)N1C=NCC1. The normalized spacial score (nSPS) is 18.9. The Bertz CT molecular complexity index is 502. The highest BCUT2D eigenvalue weighted by Gasteiger charge is 2.38. The lowest BCUT2D eigenvalue weighted by molar-refractivity contribution is 0.494. The van der Waals surface area contributed by atoms with E-state index in [2.05, 4.69) is 9.98 Å². The first-order chi connectivity index (χ1) is 8.82. The lowest BCUT2D eigenvalue weighted by Gasteiger charge is -2.33. The molecule has 1 aromatic rings. The first-order valence-corrected chi connectivity index (χ1v) is 7.63. The molecule has 0 fully saturated rings. The smallest absolute Gasteiger partial charge is 0.292 e. The van der Waals surface area contributed by atoms with E-state index < -0.39 is 7.44 Å². The summed E-state index contributed by atoms with van der Waals surface area (Å²) in [6.45, 7) is 2.83. The van der Waals surface area contributed by atoms with Crippen LogP contribution in [0.1, 0.15) is 0 Å². The summed E-state index contributed by atoms with van der Waals surface area (Å²) in [6.07, 6.45) is 3.42. The van der Waals surface area contributed by atoms with Gasteiger partial charge in [0.05, 0.1) is 31.1 Å². The third-order valence-electron chi connectivity index (χ3n) is 3.14. The van der Waals surface area contributed by atoms with Crippen LogP contribution in [0.2, 0.25) is 0 Å². The van der Waals surface area contributed by atoms with E-state index >= 15 is 0 Å². The van der Waals surface area contributed by atoms with Crippen molar-refractivity contribution in [2.24, 2.45) is 9.98 Å². The van der Waals surface area contributed by atoms with Crippen molar-refractivity contribution in [3.63, 3.8) is 0 Å². The fourth-order valence-electron chi connectivity index (χ4n) is 2.22. The predicted molar refractivity (Wildman–Crippen MR) is 73.8 cm³/mol. The van der Waals surface area contributed by atoms with Gasteiger partial charge in [-0.1, -0.05) is 18.2 Å². The Hall–Kier alpha value is -1.61. The minimum atomic E-state index is -2.80. The van der Waals surface area contributed by atoms with E-state index in [1.807, 2.05) is 39.7 Å². The molecule has 0 N–H and O–H groups in total. The van der Waals surface area contributed by atoms with Crippen molar-refractivity contribution in [3.05, 3.63) is 30.3 Å². The van der Waals surface area contributed by atoms with Gasteiger partial charge in [-0.3, -0.25) is 23.9 Å². The number of hydrogen-bond donors (Lipinski definition) is 0. The maximum absolute atomic E-state index is 13.5. The van der Waals surface area contributed by atoms with Crippen LogP contribution < -0.4 is 5.30 Å². The van der Waals surface area contributed by atoms with Crippen LogP contribution in [-0.4, -0.2) is 48.2 Å². The van der Waals surface area contributed by atoms with Gasteiger partial charge in [0.15, 0.2) is 0 Å². The van der Waals surface area contributed by atoms with E-state index in [4.69, 9.17) is 0 Å². The van der Waals surface area contributed by atoms with Gasteiger partial charge in [-0.05, 0) is 12.1 Å². The first kappa shape index (κ1) is 11.5. The van der Waals surface area contributed by atoms with Gasteiger partial charge in [0.25, 0.3) is 7.44 Å². The maximum atomic E-state index is 13.5. The molecule has 3 rings (SSSR count). The molecule has 0 amide bonds. The topological polar surface area (TPSA) is 48.3 Å². The number of rotatable bonds is 3. The molecule has 2 aliphatic rings. The Morgan fingerprint density at radius 1 is 0.944 bits per heavy atom. The van der Waals surface area contributed by atoms with E-state index in [-0.39, 0.29) is 0 Å². The van der Waals surface area contributed by atoms with Crippen LogP contribution in [-0.2, 0) is 4.57 Å². The van der Waals surface area contributed by atoms with E-state index in [0.717, 1.165) is 5.30 Å². The highest BCUT2D eigenvalue weighted by atomic mass is 31.2. The molecule has 94 valence electrons. The van der Waals surface area contributed by atoms with Gasteiger partial charge in [0.1, 0.15) is 0 Å². The summed E-state index contributed by atoms with van der Waals surface area (Å²) in [5.74, 6) is 0. The minimum Gasteiger partial charge on any atom is -0.292 e. The molecule has 0 aliphatic carbocycles. The second-order valence-electron chi connectivity index (χ2n) is 4.25. The summed E-state index contributed by atoms with van der Waals surface area (Å²) >= 11 is 0. The molecular weight excluding hydrogens is 247 g/mol. The van der Waals surface area contributed by atoms with E-state index in [9.17, 15) is 4.57 Å². The van der Waals surface area contributed by atoms with E-state index in [0.29, 0.717) is 26.2 Å². The monoisotopic (exact) mass is 262 g/mol. The van der Waals surface area contributed by atoms with E-state index in [1.54, 1.807) is 12.7 Å². The predicted octanol–water partition coefficient (Wildman–Crippen LogP) is 1.19. The van der Waals surface area contributed by atoms with Gasteiger partial charge in [0.2, 0.25) is 0 Å². The summed E-state index contributed by atoms with van der Waals surface area (Å²) < 4.78 is 17.2. The number of aliphatic imine (C=N–C) groups is 2. The standard InChI is InChI=1S/C12H15N4OP/c17-18(15-8-6-13-10-15,16-9-7-14-11-16)12-4-2-1-3-5-12/h1-5,10-11H,6-9H2. The van der Waals surface area contributed by atoms with Crippen LogP contribution in [0.4, 0.5) is 0 Å². The van der Waals surface area contributed by atoms with Crippen molar-refractivity contribution in [1.29, 1.82) is 0 Å². The number of hydrogen-bond acceptors (Lipinski definition) is 3. The molecule has 18 heavy (non-hydrogen) atoms. The highest BCUT2D eigenvalue weighted by Crippen LogP contribution is 2.51. The summed E-state index contributed by atoms with van der Waals surface area (Å²) in [4.78, 5) is 8.37. The zero-order valence-corrected chi connectivity index (χ0v) is 10.9. The van der Waals surface area contributed by atoms with Gasteiger partial charge in [-0.15, -0.1) is 0 Å². The summed E-state index contributed by atoms with van der Waals surface area (Å²) in [5.41, 5.74) is 0. The maximum Gasteiger partial charge on any atom is 0.294 e. The summed E-state index contributed by atoms with van der Waals surface area (Å²) in [7, 11) is -2.80. The molecule has 2 heterocycles.